The fourth-order valence-electron chi connectivity index (χ4n) is 2.47. The number of benzene rings is 1. The van der Waals surface area contributed by atoms with Crippen molar-refractivity contribution in [1.29, 1.82) is 0 Å². The highest BCUT2D eigenvalue weighted by molar-refractivity contribution is 7.92. The Balaban J connectivity index is 1.94. The maximum atomic E-state index is 12.6. The van der Waals surface area contributed by atoms with Crippen LogP contribution in [0, 0.1) is 0 Å². The van der Waals surface area contributed by atoms with E-state index in [4.69, 9.17) is 16.3 Å². The Morgan fingerprint density at radius 3 is 2.96 bits per heavy atom. The van der Waals surface area contributed by atoms with Crippen LogP contribution < -0.4 is 14.8 Å². The van der Waals surface area contributed by atoms with Gasteiger partial charge in [-0.2, -0.15) is 0 Å². The molecule has 122 valence electrons. The van der Waals surface area contributed by atoms with Crippen molar-refractivity contribution in [2.75, 3.05) is 18.4 Å². The van der Waals surface area contributed by atoms with Crippen molar-refractivity contribution in [3.63, 3.8) is 0 Å². The molecule has 0 aliphatic carbocycles. The highest BCUT2D eigenvalue weighted by atomic mass is 35.5. The lowest BCUT2D eigenvalue weighted by Gasteiger charge is -2.17. The Morgan fingerprint density at radius 2 is 2.17 bits per heavy atom. The van der Waals surface area contributed by atoms with E-state index in [2.05, 4.69) is 15.0 Å². The van der Waals surface area contributed by atoms with E-state index in [9.17, 15) is 8.42 Å². The van der Waals surface area contributed by atoms with Gasteiger partial charge in [0.05, 0.1) is 19.0 Å². The fourth-order valence-corrected chi connectivity index (χ4v) is 3.94. The van der Waals surface area contributed by atoms with Crippen LogP contribution in [-0.2, 0) is 23.0 Å². The molecular weight excluding hydrogens is 338 g/mol. The molecule has 1 aliphatic heterocycles. The first kappa shape index (κ1) is 16.0. The first-order valence-electron chi connectivity index (χ1n) is 7.04. The number of hydrogen-bond donors (Lipinski definition) is 2. The molecular formula is C15H16ClN3O3S. The zero-order valence-electron chi connectivity index (χ0n) is 12.5. The number of pyridine rings is 1. The molecule has 0 bridgehead atoms. The Kier molecular flexibility index (Phi) is 4.43. The van der Waals surface area contributed by atoms with Crippen LogP contribution >= 0.6 is 11.6 Å². The molecule has 0 amide bonds. The number of rotatable bonds is 4. The number of halogens is 1. The van der Waals surface area contributed by atoms with E-state index in [1.807, 2.05) is 0 Å². The van der Waals surface area contributed by atoms with E-state index in [-0.39, 0.29) is 10.6 Å². The molecule has 0 spiro atoms. The van der Waals surface area contributed by atoms with Crippen molar-refractivity contribution in [3.05, 3.63) is 46.7 Å². The molecule has 2 heterocycles. The van der Waals surface area contributed by atoms with Gasteiger partial charge < -0.3 is 10.1 Å². The minimum absolute atomic E-state index is 0.0108. The monoisotopic (exact) mass is 353 g/mol. The molecule has 1 aromatic heterocycles. The Morgan fingerprint density at radius 1 is 1.35 bits per heavy atom. The lowest BCUT2D eigenvalue weighted by atomic mass is 10.1. The van der Waals surface area contributed by atoms with Gasteiger partial charge in [-0.3, -0.25) is 9.71 Å². The van der Waals surface area contributed by atoms with Gasteiger partial charge in [-0.1, -0.05) is 11.6 Å². The van der Waals surface area contributed by atoms with Crippen molar-refractivity contribution < 1.29 is 13.2 Å². The molecule has 0 saturated carbocycles. The molecule has 2 N–H and O–H groups in total. The Labute approximate surface area is 139 Å². The number of anilines is 1. The van der Waals surface area contributed by atoms with E-state index in [0.29, 0.717) is 17.3 Å². The lowest BCUT2D eigenvalue weighted by Crippen LogP contribution is -2.25. The van der Waals surface area contributed by atoms with Crippen LogP contribution in [0.1, 0.15) is 11.3 Å². The van der Waals surface area contributed by atoms with Gasteiger partial charge in [0.2, 0.25) is 0 Å². The minimum atomic E-state index is -3.82. The summed E-state index contributed by atoms with van der Waals surface area (Å²) in [5.74, 6) is 0.231. The smallest absolute Gasteiger partial charge is 0.265 e. The van der Waals surface area contributed by atoms with Gasteiger partial charge in [-0.15, -0.1) is 0 Å². The Bertz CT molecular complexity index is 840. The molecule has 23 heavy (non-hydrogen) atoms. The van der Waals surface area contributed by atoms with E-state index in [1.165, 1.54) is 25.4 Å². The average molecular weight is 354 g/mol. The largest absolute Gasteiger partial charge is 0.495 e. The molecule has 0 radical (unpaired) electrons. The number of hydrogen-bond acceptors (Lipinski definition) is 5. The van der Waals surface area contributed by atoms with E-state index < -0.39 is 10.0 Å². The van der Waals surface area contributed by atoms with E-state index in [1.54, 1.807) is 12.1 Å². The maximum Gasteiger partial charge on any atom is 0.265 e. The first-order valence-corrected chi connectivity index (χ1v) is 8.90. The van der Waals surface area contributed by atoms with E-state index in [0.717, 1.165) is 24.2 Å². The fraction of sp³-hybridized carbons (Fsp3) is 0.267. The standard InChI is InChI=1S/C15H16ClN3O3S/c1-22-14-3-2-11(16)7-15(14)23(20,21)19-12-6-10-8-17-5-4-13(10)18-9-12/h2-3,6-7,9,17,19H,4-5,8H2,1H3. The average Bonchev–Trinajstić information content (AvgIpc) is 2.54. The zero-order valence-corrected chi connectivity index (χ0v) is 14.0. The third kappa shape index (κ3) is 3.41. The Hall–Kier alpha value is -1.83. The number of methoxy groups -OCH3 is 1. The topological polar surface area (TPSA) is 80.3 Å². The van der Waals surface area contributed by atoms with Crippen LogP contribution in [-0.4, -0.2) is 27.1 Å². The predicted molar refractivity (Wildman–Crippen MR) is 88.5 cm³/mol. The third-order valence-electron chi connectivity index (χ3n) is 3.58. The van der Waals surface area contributed by atoms with Gasteiger partial charge in [0.15, 0.2) is 0 Å². The van der Waals surface area contributed by atoms with Gasteiger partial charge in [-0.25, -0.2) is 8.42 Å². The van der Waals surface area contributed by atoms with Crippen LogP contribution in [0.25, 0.3) is 0 Å². The van der Waals surface area contributed by atoms with Crippen molar-refractivity contribution in [3.8, 4) is 5.75 Å². The summed E-state index contributed by atoms with van der Waals surface area (Å²) in [7, 11) is -2.41. The highest BCUT2D eigenvalue weighted by Crippen LogP contribution is 2.29. The van der Waals surface area contributed by atoms with Gasteiger partial charge in [0.25, 0.3) is 10.0 Å². The summed E-state index contributed by atoms with van der Waals surface area (Å²) in [5, 5.41) is 3.55. The summed E-state index contributed by atoms with van der Waals surface area (Å²) in [6.07, 6.45) is 2.36. The molecule has 3 rings (SSSR count). The zero-order chi connectivity index (χ0) is 16.4. The molecule has 0 unspecified atom stereocenters. The van der Waals surface area contributed by atoms with Crippen LogP contribution in [0.2, 0.25) is 5.02 Å². The summed E-state index contributed by atoms with van der Waals surface area (Å²) in [6.45, 7) is 1.56. The molecule has 0 saturated heterocycles. The number of fused-ring (bicyclic) bond motifs is 1. The maximum absolute atomic E-state index is 12.6. The van der Waals surface area contributed by atoms with Crippen molar-refractivity contribution in [1.82, 2.24) is 10.3 Å². The highest BCUT2D eigenvalue weighted by Gasteiger charge is 2.21. The molecule has 1 aromatic carbocycles. The number of nitrogens with one attached hydrogen (secondary N) is 2. The van der Waals surface area contributed by atoms with Crippen LogP contribution in [0.4, 0.5) is 5.69 Å². The van der Waals surface area contributed by atoms with Crippen molar-refractivity contribution in [2.45, 2.75) is 17.9 Å². The third-order valence-corrected chi connectivity index (χ3v) is 5.22. The molecule has 2 aromatic rings. The van der Waals surface area contributed by atoms with Gasteiger partial charge in [0.1, 0.15) is 10.6 Å². The SMILES string of the molecule is COc1ccc(Cl)cc1S(=O)(=O)Nc1cnc2c(c1)CNCC2. The lowest BCUT2D eigenvalue weighted by molar-refractivity contribution is 0.403. The second kappa shape index (κ2) is 6.35. The van der Waals surface area contributed by atoms with Crippen molar-refractivity contribution in [2.24, 2.45) is 0 Å². The number of sulfonamides is 1. The van der Waals surface area contributed by atoms with Crippen LogP contribution in [0.5, 0.6) is 5.75 Å². The predicted octanol–water partition coefficient (Wildman–Crippen LogP) is 2.19. The number of aromatic nitrogens is 1. The number of ether oxygens (including phenoxy) is 1. The summed E-state index contributed by atoms with van der Waals surface area (Å²) in [6, 6.07) is 6.25. The molecule has 0 fully saturated rings. The molecule has 1 aliphatic rings. The second-order valence-corrected chi connectivity index (χ2v) is 7.24. The van der Waals surface area contributed by atoms with Gasteiger partial charge in [-0.05, 0) is 29.8 Å². The van der Waals surface area contributed by atoms with E-state index >= 15 is 0 Å². The molecule has 8 heteroatoms. The quantitative estimate of drug-likeness (QED) is 0.880. The minimum Gasteiger partial charge on any atom is -0.495 e. The normalized spacial score (nSPS) is 14.2. The summed E-state index contributed by atoms with van der Waals surface area (Å²) < 4.78 is 32.9. The summed E-state index contributed by atoms with van der Waals surface area (Å²) in [4.78, 5) is 4.32. The van der Waals surface area contributed by atoms with Gasteiger partial charge >= 0.3 is 0 Å². The first-order chi connectivity index (χ1) is 11.0. The second-order valence-electron chi connectivity index (χ2n) is 5.16. The summed E-state index contributed by atoms with van der Waals surface area (Å²) in [5.41, 5.74) is 2.40. The number of nitrogens with zero attached hydrogens (tertiary/aromatic N) is 1. The van der Waals surface area contributed by atoms with Crippen LogP contribution in [0.15, 0.2) is 35.4 Å². The van der Waals surface area contributed by atoms with Gasteiger partial charge in [0, 0.05) is 30.2 Å². The molecule has 0 atom stereocenters. The summed E-state index contributed by atoms with van der Waals surface area (Å²) >= 11 is 5.91. The van der Waals surface area contributed by atoms with Crippen LogP contribution in [0.3, 0.4) is 0 Å². The van der Waals surface area contributed by atoms with Crippen molar-refractivity contribution >= 4 is 27.3 Å². The molecule has 6 nitrogen and oxygen atoms in total.